The molecular weight excluding hydrogens is 176 g/mol. The lowest BCUT2D eigenvalue weighted by Crippen LogP contribution is -2.32. The van der Waals surface area contributed by atoms with Gasteiger partial charge in [0.1, 0.15) is 12.1 Å². The monoisotopic (exact) mass is 192 g/mol. The second kappa shape index (κ2) is 3.92. The van der Waals surface area contributed by atoms with Gasteiger partial charge in [-0.1, -0.05) is 0 Å². The number of nitrogens with zero attached hydrogens (tertiary/aromatic N) is 3. The van der Waals surface area contributed by atoms with Crippen LogP contribution in [0.25, 0.3) is 0 Å². The van der Waals surface area contributed by atoms with Crippen LogP contribution >= 0.6 is 0 Å². The van der Waals surface area contributed by atoms with Gasteiger partial charge in [-0.3, -0.25) is 0 Å². The van der Waals surface area contributed by atoms with Gasteiger partial charge in [0.2, 0.25) is 0 Å². The van der Waals surface area contributed by atoms with Gasteiger partial charge >= 0.3 is 0 Å². The molecule has 1 fully saturated rings. The number of hydrogen-bond acceptors (Lipinski definition) is 4. The molecule has 2 N–H and O–H groups in total. The molecule has 0 amide bonds. The molecule has 1 aromatic rings. The molecule has 14 heavy (non-hydrogen) atoms. The summed E-state index contributed by atoms with van der Waals surface area (Å²) in [5.41, 5.74) is 6.60. The quantitative estimate of drug-likeness (QED) is 0.763. The average Bonchev–Trinajstić information content (AvgIpc) is 2.97. The minimum atomic E-state index is 0.660. The molecule has 2 rings (SSSR count). The summed E-state index contributed by atoms with van der Waals surface area (Å²) in [6, 6.07) is 2.68. The van der Waals surface area contributed by atoms with Gasteiger partial charge < -0.3 is 10.6 Å². The second-order valence-electron chi connectivity index (χ2n) is 3.73. The van der Waals surface area contributed by atoms with Crippen molar-refractivity contribution in [3.63, 3.8) is 0 Å². The lowest BCUT2D eigenvalue weighted by Gasteiger charge is -2.22. The van der Waals surface area contributed by atoms with Crippen LogP contribution in [0, 0.1) is 6.92 Å². The molecule has 1 aliphatic rings. The Morgan fingerprint density at radius 1 is 1.50 bits per heavy atom. The first kappa shape index (κ1) is 9.40. The van der Waals surface area contributed by atoms with Crippen LogP contribution in [0.3, 0.4) is 0 Å². The molecular formula is C10H16N4. The highest BCUT2D eigenvalue weighted by Gasteiger charge is 2.29. The van der Waals surface area contributed by atoms with Crippen molar-refractivity contribution in [2.45, 2.75) is 25.8 Å². The van der Waals surface area contributed by atoms with Crippen LogP contribution in [-0.2, 0) is 0 Å². The number of rotatable bonds is 4. The van der Waals surface area contributed by atoms with Crippen LogP contribution in [0.4, 0.5) is 5.82 Å². The Morgan fingerprint density at radius 2 is 2.29 bits per heavy atom. The first-order valence-corrected chi connectivity index (χ1v) is 5.06. The van der Waals surface area contributed by atoms with Gasteiger partial charge in [0.25, 0.3) is 0 Å². The zero-order chi connectivity index (χ0) is 9.97. The molecule has 0 unspecified atom stereocenters. The van der Waals surface area contributed by atoms with E-state index in [-0.39, 0.29) is 0 Å². The van der Waals surface area contributed by atoms with Gasteiger partial charge in [-0.05, 0) is 19.8 Å². The van der Waals surface area contributed by atoms with E-state index in [0.29, 0.717) is 12.6 Å². The number of aryl methyl sites for hydroxylation is 1. The third kappa shape index (κ3) is 2.01. The summed E-state index contributed by atoms with van der Waals surface area (Å²) in [5, 5.41) is 0. The molecule has 76 valence electrons. The van der Waals surface area contributed by atoms with Crippen molar-refractivity contribution in [1.29, 1.82) is 0 Å². The van der Waals surface area contributed by atoms with Crippen molar-refractivity contribution < 1.29 is 0 Å². The summed E-state index contributed by atoms with van der Waals surface area (Å²) in [5.74, 6) is 1.02. The van der Waals surface area contributed by atoms with E-state index in [9.17, 15) is 0 Å². The minimum absolute atomic E-state index is 0.660. The number of hydrogen-bond donors (Lipinski definition) is 1. The Morgan fingerprint density at radius 3 is 2.86 bits per heavy atom. The van der Waals surface area contributed by atoms with Crippen LogP contribution in [0.15, 0.2) is 12.4 Å². The summed E-state index contributed by atoms with van der Waals surface area (Å²) >= 11 is 0. The van der Waals surface area contributed by atoms with E-state index < -0.39 is 0 Å². The van der Waals surface area contributed by atoms with E-state index in [2.05, 4.69) is 14.9 Å². The molecule has 4 heteroatoms. The maximum absolute atomic E-state index is 5.59. The molecule has 0 spiro atoms. The number of anilines is 1. The van der Waals surface area contributed by atoms with E-state index in [1.54, 1.807) is 6.33 Å². The summed E-state index contributed by atoms with van der Waals surface area (Å²) in [6.45, 7) is 3.55. The summed E-state index contributed by atoms with van der Waals surface area (Å²) < 4.78 is 0. The number of aromatic nitrogens is 2. The lowest BCUT2D eigenvalue weighted by molar-refractivity contribution is 0.767. The summed E-state index contributed by atoms with van der Waals surface area (Å²) in [4.78, 5) is 10.7. The summed E-state index contributed by atoms with van der Waals surface area (Å²) in [6.07, 6.45) is 4.16. The van der Waals surface area contributed by atoms with E-state index in [4.69, 9.17) is 5.73 Å². The maximum Gasteiger partial charge on any atom is 0.132 e. The molecule has 1 aromatic heterocycles. The van der Waals surface area contributed by atoms with Crippen molar-refractivity contribution in [3.8, 4) is 0 Å². The Hall–Kier alpha value is -1.16. The Balaban J connectivity index is 2.16. The fourth-order valence-electron chi connectivity index (χ4n) is 1.61. The van der Waals surface area contributed by atoms with Crippen molar-refractivity contribution in [3.05, 3.63) is 18.1 Å². The second-order valence-corrected chi connectivity index (χ2v) is 3.73. The van der Waals surface area contributed by atoms with E-state index >= 15 is 0 Å². The van der Waals surface area contributed by atoms with Crippen molar-refractivity contribution in [2.24, 2.45) is 5.73 Å². The van der Waals surface area contributed by atoms with Gasteiger partial charge in [-0.2, -0.15) is 0 Å². The van der Waals surface area contributed by atoms with Crippen LogP contribution in [-0.4, -0.2) is 29.1 Å². The van der Waals surface area contributed by atoms with Gasteiger partial charge in [0.05, 0.1) is 0 Å². The van der Waals surface area contributed by atoms with E-state index in [0.717, 1.165) is 18.1 Å². The zero-order valence-corrected chi connectivity index (χ0v) is 8.48. The predicted octanol–water partition coefficient (Wildman–Crippen LogP) is 0.713. The Kier molecular flexibility index (Phi) is 2.63. The lowest BCUT2D eigenvalue weighted by atomic mass is 10.3. The maximum atomic E-state index is 5.59. The zero-order valence-electron chi connectivity index (χ0n) is 8.48. The molecule has 0 aliphatic heterocycles. The third-order valence-electron chi connectivity index (χ3n) is 2.44. The van der Waals surface area contributed by atoms with Gasteiger partial charge in [0.15, 0.2) is 0 Å². The van der Waals surface area contributed by atoms with Crippen LogP contribution in [0.5, 0.6) is 0 Å². The van der Waals surface area contributed by atoms with Crippen molar-refractivity contribution in [1.82, 2.24) is 9.97 Å². The molecule has 0 atom stereocenters. The SMILES string of the molecule is Cc1cc(N(CCN)C2CC2)ncn1. The Labute approximate surface area is 84.2 Å². The fraction of sp³-hybridized carbons (Fsp3) is 0.600. The molecule has 0 bridgehead atoms. The highest BCUT2D eigenvalue weighted by Crippen LogP contribution is 2.29. The third-order valence-corrected chi connectivity index (χ3v) is 2.44. The first-order valence-electron chi connectivity index (χ1n) is 5.06. The van der Waals surface area contributed by atoms with Crippen LogP contribution < -0.4 is 10.6 Å². The topological polar surface area (TPSA) is 55.0 Å². The fourth-order valence-corrected chi connectivity index (χ4v) is 1.61. The van der Waals surface area contributed by atoms with E-state index in [1.807, 2.05) is 13.0 Å². The van der Waals surface area contributed by atoms with Crippen molar-refractivity contribution >= 4 is 5.82 Å². The largest absolute Gasteiger partial charge is 0.352 e. The average molecular weight is 192 g/mol. The smallest absolute Gasteiger partial charge is 0.132 e. The van der Waals surface area contributed by atoms with Crippen molar-refractivity contribution in [2.75, 3.05) is 18.0 Å². The van der Waals surface area contributed by atoms with Crippen LogP contribution in [0.1, 0.15) is 18.5 Å². The normalized spacial score (nSPS) is 15.6. The van der Waals surface area contributed by atoms with Gasteiger partial charge in [-0.15, -0.1) is 0 Å². The molecule has 4 nitrogen and oxygen atoms in total. The minimum Gasteiger partial charge on any atom is -0.352 e. The highest BCUT2D eigenvalue weighted by molar-refractivity contribution is 5.41. The highest BCUT2D eigenvalue weighted by atomic mass is 15.2. The molecule has 1 aliphatic carbocycles. The molecule has 0 radical (unpaired) electrons. The number of nitrogens with two attached hydrogens (primary N) is 1. The molecule has 0 saturated heterocycles. The molecule has 1 saturated carbocycles. The summed E-state index contributed by atoms with van der Waals surface area (Å²) in [7, 11) is 0. The predicted molar refractivity (Wildman–Crippen MR) is 56.2 cm³/mol. The van der Waals surface area contributed by atoms with E-state index in [1.165, 1.54) is 12.8 Å². The van der Waals surface area contributed by atoms with Gasteiger partial charge in [0, 0.05) is 30.9 Å². The Bertz CT molecular complexity index is 309. The molecule has 1 heterocycles. The van der Waals surface area contributed by atoms with Gasteiger partial charge in [-0.25, -0.2) is 9.97 Å². The molecule has 0 aromatic carbocycles. The first-order chi connectivity index (χ1) is 6.81. The van der Waals surface area contributed by atoms with Crippen LogP contribution in [0.2, 0.25) is 0 Å². The standard InChI is InChI=1S/C10H16N4/c1-8-6-10(13-7-12-8)14(5-4-11)9-2-3-9/h6-7,9H,2-5,11H2,1H3.